The maximum absolute atomic E-state index is 5.50. The summed E-state index contributed by atoms with van der Waals surface area (Å²) in [5.41, 5.74) is 1.22. The number of nitrogens with one attached hydrogen (secondary N) is 1. The second-order valence-corrected chi connectivity index (χ2v) is 7.75. The fourth-order valence-corrected chi connectivity index (χ4v) is 4.27. The van der Waals surface area contributed by atoms with Crippen molar-refractivity contribution >= 4 is 40.7 Å². The van der Waals surface area contributed by atoms with Gasteiger partial charge in [-0.3, -0.25) is 4.90 Å². The van der Waals surface area contributed by atoms with E-state index in [1.807, 2.05) is 6.07 Å². The summed E-state index contributed by atoms with van der Waals surface area (Å²) in [5, 5.41) is 5.90. The van der Waals surface area contributed by atoms with Crippen LogP contribution in [0, 0.1) is 0 Å². The lowest BCUT2D eigenvalue weighted by atomic mass is 10.1. The standard InChI is InChI=1S/C23H32N4O2.HI/c1-3-24-23(27-9-8-21(17-27)26-10-12-29-13-11-26)25-16-18-4-5-20-15-22(28-2)7-6-19(20)14-18;/h4-7,14-15,21H,3,8-13,16-17H2,1-2H3,(H,24,25);1H. The zero-order valence-electron chi connectivity index (χ0n) is 18.0. The molecule has 1 atom stereocenters. The van der Waals surface area contributed by atoms with Crippen LogP contribution in [0.1, 0.15) is 18.9 Å². The second-order valence-electron chi connectivity index (χ2n) is 7.75. The Balaban J connectivity index is 0.00000256. The van der Waals surface area contributed by atoms with E-state index in [4.69, 9.17) is 14.5 Å². The van der Waals surface area contributed by atoms with E-state index in [0.29, 0.717) is 12.6 Å². The third kappa shape index (κ3) is 5.56. The first-order valence-corrected chi connectivity index (χ1v) is 10.7. The maximum atomic E-state index is 5.50. The van der Waals surface area contributed by atoms with Crippen LogP contribution in [-0.2, 0) is 11.3 Å². The Bertz CT molecular complexity index is 854. The summed E-state index contributed by atoms with van der Waals surface area (Å²) in [4.78, 5) is 9.94. The number of nitrogens with zero attached hydrogens (tertiary/aromatic N) is 3. The van der Waals surface area contributed by atoms with E-state index in [1.165, 1.54) is 22.8 Å². The number of fused-ring (bicyclic) bond motifs is 1. The average Bonchev–Trinajstić information content (AvgIpc) is 3.27. The Labute approximate surface area is 196 Å². The van der Waals surface area contributed by atoms with Crippen molar-refractivity contribution < 1.29 is 9.47 Å². The number of aliphatic imine (C=N–C) groups is 1. The number of rotatable bonds is 5. The van der Waals surface area contributed by atoms with E-state index in [9.17, 15) is 0 Å². The molecule has 2 saturated heterocycles. The summed E-state index contributed by atoms with van der Waals surface area (Å²) >= 11 is 0. The molecule has 0 radical (unpaired) electrons. The van der Waals surface area contributed by atoms with E-state index in [1.54, 1.807) is 7.11 Å². The molecule has 0 amide bonds. The fraction of sp³-hybridized carbons (Fsp3) is 0.522. The van der Waals surface area contributed by atoms with Crippen molar-refractivity contribution in [2.45, 2.75) is 25.9 Å². The van der Waals surface area contributed by atoms with Crippen LogP contribution in [0.15, 0.2) is 41.4 Å². The first-order chi connectivity index (χ1) is 14.3. The van der Waals surface area contributed by atoms with Crippen molar-refractivity contribution in [3.8, 4) is 5.75 Å². The number of benzene rings is 2. The number of halogens is 1. The predicted molar refractivity (Wildman–Crippen MR) is 133 cm³/mol. The molecule has 2 heterocycles. The second kappa shape index (κ2) is 11.2. The minimum atomic E-state index is 0. The van der Waals surface area contributed by atoms with Crippen molar-refractivity contribution in [3.63, 3.8) is 0 Å². The Morgan fingerprint density at radius 1 is 1.13 bits per heavy atom. The van der Waals surface area contributed by atoms with Crippen LogP contribution in [-0.4, -0.2) is 74.8 Å². The number of guanidine groups is 1. The van der Waals surface area contributed by atoms with Gasteiger partial charge in [0.1, 0.15) is 5.75 Å². The SMILES string of the molecule is CCNC(=NCc1ccc2cc(OC)ccc2c1)N1CCC(N2CCOCC2)C1.I. The van der Waals surface area contributed by atoms with Crippen molar-refractivity contribution in [2.24, 2.45) is 4.99 Å². The molecule has 0 aliphatic carbocycles. The third-order valence-electron chi connectivity index (χ3n) is 5.88. The minimum absolute atomic E-state index is 0. The molecule has 1 unspecified atom stereocenters. The monoisotopic (exact) mass is 524 g/mol. The summed E-state index contributed by atoms with van der Waals surface area (Å²) in [6.45, 7) is 9.63. The summed E-state index contributed by atoms with van der Waals surface area (Å²) in [5.74, 6) is 1.92. The van der Waals surface area contributed by atoms with Gasteiger partial charge in [0, 0.05) is 38.8 Å². The molecule has 30 heavy (non-hydrogen) atoms. The first kappa shape index (κ1) is 23.1. The number of methoxy groups -OCH3 is 1. The van der Waals surface area contributed by atoms with Crippen LogP contribution >= 0.6 is 24.0 Å². The van der Waals surface area contributed by atoms with Gasteiger partial charge in [-0.25, -0.2) is 4.99 Å². The molecule has 0 saturated carbocycles. The van der Waals surface area contributed by atoms with Gasteiger partial charge >= 0.3 is 0 Å². The van der Waals surface area contributed by atoms with E-state index in [-0.39, 0.29) is 24.0 Å². The van der Waals surface area contributed by atoms with E-state index >= 15 is 0 Å². The Hall–Kier alpha value is -1.58. The smallest absolute Gasteiger partial charge is 0.194 e. The van der Waals surface area contributed by atoms with Gasteiger partial charge in [0.15, 0.2) is 5.96 Å². The van der Waals surface area contributed by atoms with Gasteiger partial charge in [0.2, 0.25) is 0 Å². The van der Waals surface area contributed by atoms with Crippen molar-refractivity contribution in [1.29, 1.82) is 0 Å². The minimum Gasteiger partial charge on any atom is -0.497 e. The number of morpholine rings is 1. The highest BCUT2D eigenvalue weighted by Crippen LogP contribution is 2.22. The lowest BCUT2D eigenvalue weighted by molar-refractivity contribution is 0.0195. The van der Waals surface area contributed by atoms with Crippen molar-refractivity contribution in [2.75, 3.05) is 53.0 Å². The lowest BCUT2D eigenvalue weighted by Crippen LogP contribution is -2.46. The number of hydrogen-bond acceptors (Lipinski definition) is 4. The topological polar surface area (TPSA) is 49.3 Å². The summed E-state index contributed by atoms with van der Waals surface area (Å²) in [7, 11) is 1.70. The molecule has 2 aromatic rings. The third-order valence-corrected chi connectivity index (χ3v) is 5.88. The summed E-state index contributed by atoms with van der Waals surface area (Å²) < 4.78 is 10.8. The molecular formula is C23H33IN4O2. The summed E-state index contributed by atoms with van der Waals surface area (Å²) in [6.07, 6.45) is 1.20. The molecular weight excluding hydrogens is 491 g/mol. The normalized spacial score (nSPS) is 20.3. The van der Waals surface area contributed by atoms with Gasteiger partial charge in [-0.2, -0.15) is 0 Å². The molecule has 0 bridgehead atoms. The Morgan fingerprint density at radius 3 is 2.67 bits per heavy atom. The molecule has 164 valence electrons. The fourth-order valence-electron chi connectivity index (χ4n) is 4.27. The Morgan fingerprint density at radius 2 is 1.90 bits per heavy atom. The van der Waals surface area contributed by atoms with Gasteiger partial charge in [0.05, 0.1) is 26.9 Å². The van der Waals surface area contributed by atoms with Gasteiger partial charge in [-0.15, -0.1) is 24.0 Å². The van der Waals surface area contributed by atoms with Gasteiger partial charge in [-0.1, -0.05) is 18.2 Å². The molecule has 7 heteroatoms. The van der Waals surface area contributed by atoms with Crippen molar-refractivity contribution in [1.82, 2.24) is 15.1 Å². The van der Waals surface area contributed by atoms with Gasteiger partial charge in [-0.05, 0) is 47.9 Å². The van der Waals surface area contributed by atoms with Crippen LogP contribution in [0.2, 0.25) is 0 Å². The van der Waals surface area contributed by atoms with Crippen LogP contribution in [0.25, 0.3) is 10.8 Å². The van der Waals surface area contributed by atoms with E-state index < -0.39 is 0 Å². The van der Waals surface area contributed by atoms with Crippen LogP contribution in [0.4, 0.5) is 0 Å². The number of likely N-dealkylation sites (tertiary alicyclic amines) is 1. The lowest BCUT2D eigenvalue weighted by Gasteiger charge is -2.32. The van der Waals surface area contributed by atoms with Crippen LogP contribution < -0.4 is 10.1 Å². The zero-order chi connectivity index (χ0) is 20.1. The van der Waals surface area contributed by atoms with Gasteiger partial charge < -0.3 is 19.7 Å². The molecule has 2 aliphatic heterocycles. The molecule has 6 nitrogen and oxygen atoms in total. The first-order valence-electron chi connectivity index (χ1n) is 10.7. The molecule has 2 aliphatic rings. The van der Waals surface area contributed by atoms with E-state index in [0.717, 1.165) is 57.6 Å². The highest BCUT2D eigenvalue weighted by Gasteiger charge is 2.30. The van der Waals surface area contributed by atoms with Crippen LogP contribution in [0.5, 0.6) is 5.75 Å². The van der Waals surface area contributed by atoms with Crippen molar-refractivity contribution in [3.05, 3.63) is 42.0 Å². The predicted octanol–water partition coefficient (Wildman–Crippen LogP) is 3.34. The molecule has 1 N–H and O–H groups in total. The average molecular weight is 524 g/mol. The van der Waals surface area contributed by atoms with E-state index in [2.05, 4.69) is 52.4 Å². The maximum Gasteiger partial charge on any atom is 0.194 e. The Kier molecular flexibility index (Phi) is 8.59. The quantitative estimate of drug-likeness (QED) is 0.370. The van der Waals surface area contributed by atoms with Crippen LogP contribution in [0.3, 0.4) is 0 Å². The highest BCUT2D eigenvalue weighted by molar-refractivity contribution is 14.0. The molecule has 2 aromatic carbocycles. The highest BCUT2D eigenvalue weighted by atomic mass is 127. The molecule has 0 spiro atoms. The molecule has 2 fully saturated rings. The zero-order valence-corrected chi connectivity index (χ0v) is 20.3. The van der Waals surface area contributed by atoms with Gasteiger partial charge in [0.25, 0.3) is 0 Å². The summed E-state index contributed by atoms with van der Waals surface area (Å²) in [6, 6.07) is 13.3. The molecule has 4 rings (SSSR count). The largest absolute Gasteiger partial charge is 0.497 e. The molecule has 0 aromatic heterocycles. The number of ether oxygens (including phenoxy) is 2. The number of hydrogen-bond donors (Lipinski definition) is 1.